The van der Waals surface area contributed by atoms with E-state index in [1.807, 2.05) is 12.1 Å². The van der Waals surface area contributed by atoms with Crippen molar-refractivity contribution in [1.29, 1.82) is 0 Å². The number of hydrogen-bond acceptors (Lipinski definition) is 6. The van der Waals surface area contributed by atoms with Crippen molar-refractivity contribution in [2.75, 3.05) is 18.1 Å². The van der Waals surface area contributed by atoms with Gasteiger partial charge < -0.3 is 15.5 Å². The fourth-order valence-corrected chi connectivity index (χ4v) is 2.90. The Morgan fingerprint density at radius 1 is 1.08 bits per heavy atom. The number of rotatable bonds is 4. The standard InChI is InChI=1S/C19H16FN5O/c1-22-15-7-4-12(9-23-15)17-14(8-11-2-5-13(20)6-3-11)16-18(21)24-10-25-19(16)26-17/h2-7,9-10H,8H2,1H3,(H,22,23)(H2,21,24,25). The van der Waals surface area contributed by atoms with Gasteiger partial charge in [0.25, 0.3) is 0 Å². The quantitative estimate of drug-likeness (QED) is 0.585. The van der Waals surface area contributed by atoms with Crippen LogP contribution in [0.1, 0.15) is 11.1 Å². The van der Waals surface area contributed by atoms with Gasteiger partial charge in [-0.25, -0.2) is 19.3 Å². The van der Waals surface area contributed by atoms with Crippen molar-refractivity contribution in [2.24, 2.45) is 0 Å². The molecule has 4 aromatic rings. The van der Waals surface area contributed by atoms with Gasteiger partial charge in [-0.15, -0.1) is 0 Å². The number of furan rings is 1. The van der Waals surface area contributed by atoms with E-state index in [0.717, 1.165) is 22.5 Å². The van der Waals surface area contributed by atoms with E-state index in [4.69, 9.17) is 10.2 Å². The van der Waals surface area contributed by atoms with Gasteiger partial charge in [0.15, 0.2) is 0 Å². The Hall–Kier alpha value is -3.48. The maximum Gasteiger partial charge on any atom is 0.232 e. The lowest BCUT2D eigenvalue weighted by atomic mass is 10.00. The molecule has 0 bridgehead atoms. The van der Waals surface area contributed by atoms with Crippen molar-refractivity contribution in [2.45, 2.75) is 6.42 Å². The topological polar surface area (TPSA) is 89.9 Å². The molecule has 7 heteroatoms. The highest BCUT2D eigenvalue weighted by Gasteiger charge is 2.20. The summed E-state index contributed by atoms with van der Waals surface area (Å²) in [6.45, 7) is 0. The van der Waals surface area contributed by atoms with Gasteiger partial charge in [0.05, 0.1) is 5.39 Å². The number of halogens is 1. The number of nitrogens with one attached hydrogen (secondary N) is 1. The molecule has 1 aromatic carbocycles. The van der Waals surface area contributed by atoms with Gasteiger partial charge in [0.1, 0.15) is 29.5 Å². The van der Waals surface area contributed by atoms with E-state index in [2.05, 4.69) is 20.3 Å². The monoisotopic (exact) mass is 349 g/mol. The van der Waals surface area contributed by atoms with Crippen LogP contribution in [0.3, 0.4) is 0 Å². The first-order chi connectivity index (χ1) is 12.7. The second-order valence-corrected chi connectivity index (χ2v) is 5.83. The highest BCUT2D eigenvalue weighted by Crippen LogP contribution is 2.36. The molecule has 0 amide bonds. The molecule has 0 saturated carbocycles. The number of pyridine rings is 1. The number of benzene rings is 1. The largest absolute Gasteiger partial charge is 0.437 e. The van der Waals surface area contributed by atoms with E-state index in [9.17, 15) is 4.39 Å². The Morgan fingerprint density at radius 2 is 1.88 bits per heavy atom. The summed E-state index contributed by atoms with van der Waals surface area (Å²) in [5.74, 6) is 1.46. The minimum atomic E-state index is -0.277. The number of aromatic nitrogens is 3. The lowest BCUT2D eigenvalue weighted by Crippen LogP contribution is -1.96. The third-order valence-corrected chi connectivity index (χ3v) is 4.19. The van der Waals surface area contributed by atoms with Crippen LogP contribution in [0.5, 0.6) is 0 Å². The fraction of sp³-hybridized carbons (Fsp3) is 0.105. The Balaban J connectivity index is 1.88. The zero-order valence-corrected chi connectivity index (χ0v) is 14.0. The van der Waals surface area contributed by atoms with E-state index < -0.39 is 0 Å². The highest BCUT2D eigenvalue weighted by molar-refractivity contribution is 5.93. The first kappa shape index (κ1) is 16.0. The third-order valence-electron chi connectivity index (χ3n) is 4.19. The average molecular weight is 349 g/mol. The van der Waals surface area contributed by atoms with E-state index in [0.29, 0.717) is 29.1 Å². The van der Waals surface area contributed by atoms with Crippen molar-refractivity contribution < 1.29 is 8.81 Å². The molecule has 6 nitrogen and oxygen atoms in total. The van der Waals surface area contributed by atoms with Gasteiger partial charge in [-0.3, -0.25) is 0 Å². The van der Waals surface area contributed by atoms with E-state index in [1.165, 1.54) is 18.5 Å². The van der Waals surface area contributed by atoms with Gasteiger partial charge in [-0.2, -0.15) is 0 Å². The fourth-order valence-electron chi connectivity index (χ4n) is 2.90. The van der Waals surface area contributed by atoms with Crippen molar-refractivity contribution in [3.8, 4) is 11.3 Å². The summed E-state index contributed by atoms with van der Waals surface area (Å²) in [6, 6.07) is 10.1. The maximum absolute atomic E-state index is 13.2. The minimum Gasteiger partial charge on any atom is -0.437 e. The Labute approximate surface area is 148 Å². The molecule has 0 spiro atoms. The number of fused-ring (bicyclic) bond motifs is 1. The SMILES string of the molecule is CNc1ccc(-c2oc3ncnc(N)c3c2Cc2ccc(F)cc2)cn1. The molecule has 0 aliphatic rings. The predicted molar refractivity (Wildman–Crippen MR) is 98.2 cm³/mol. The molecular weight excluding hydrogens is 333 g/mol. The molecule has 0 unspecified atom stereocenters. The Morgan fingerprint density at radius 3 is 2.58 bits per heavy atom. The van der Waals surface area contributed by atoms with Crippen LogP contribution >= 0.6 is 0 Å². The molecule has 3 N–H and O–H groups in total. The summed E-state index contributed by atoms with van der Waals surface area (Å²) >= 11 is 0. The lowest BCUT2D eigenvalue weighted by Gasteiger charge is -2.05. The van der Waals surface area contributed by atoms with Crippen LogP contribution in [-0.4, -0.2) is 22.0 Å². The van der Waals surface area contributed by atoms with Gasteiger partial charge in [0, 0.05) is 30.8 Å². The van der Waals surface area contributed by atoms with Crippen molar-refractivity contribution in [3.63, 3.8) is 0 Å². The number of nitrogens with two attached hydrogens (primary N) is 1. The summed E-state index contributed by atoms with van der Waals surface area (Å²) in [4.78, 5) is 12.6. The van der Waals surface area contributed by atoms with Crippen LogP contribution < -0.4 is 11.1 Å². The summed E-state index contributed by atoms with van der Waals surface area (Å²) in [7, 11) is 1.81. The van der Waals surface area contributed by atoms with Crippen molar-refractivity contribution >= 4 is 22.7 Å². The van der Waals surface area contributed by atoms with Gasteiger partial charge in [0.2, 0.25) is 5.71 Å². The molecule has 4 rings (SSSR count). The second kappa shape index (κ2) is 6.44. The maximum atomic E-state index is 13.2. The molecule has 3 aromatic heterocycles. The van der Waals surface area contributed by atoms with Crippen LogP contribution in [0.2, 0.25) is 0 Å². The molecule has 0 saturated heterocycles. The molecule has 26 heavy (non-hydrogen) atoms. The van der Waals surface area contributed by atoms with Crippen LogP contribution in [0, 0.1) is 5.82 Å². The first-order valence-electron chi connectivity index (χ1n) is 8.06. The summed E-state index contributed by atoms with van der Waals surface area (Å²) in [5.41, 5.74) is 9.08. The average Bonchev–Trinajstić information content (AvgIpc) is 3.03. The second-order valence-electron chi connectivity index (χ2n) is 5.83. The van der Waals surface area contributed by atoms with Crippen LogP contribution in [0.25, 0.3) is 22.4 Å². The molecule has 0 aliphatic carbocycles. The summed E-state index contributed by atoms with van der Waals surface area (Å²) in [5, 5.41) is 3.65. The molecule has 0 radical (unpaired) electrons. The molecule has 0 atom stereocenters. The lowest BCUT2D eigenvalue weighted by molar-refractivity contribution is 0.614. The smallest absolute Gasteiger partial charge is 0.232 e. The Bertz CT molecular complexity index is 1060. The number of hydrogen-bond donors (Lipinski definition) is 2. The van der Waals surface area contributed by atoms with Crippen LogP contribution in [0.4, 0.5) is 16.0 Å². The Kier molecular flexibility index (Phi) is 3.96. The van der Waals surface area contributed by atoms with Gasteiger partial charge in [-0.05, 0) is 29.8 Å². The molecule has 3 heterocycles. The third kappa shape index (κ3) is 2.83. The van der Waals surface area contributed by atoms with Gasteiger partial charge >= 0.3 is 0 Å². The van der Waals surface area contributed by atoms with Gasteiger partial charge in [-0.1, -0.05) is 12.1 Å². The number of nitrogens with zero attached hydrogens (tertiary/aromatic N) is 3. The van der Waals surface area contributed by atoms with E-state index >= 15 is 0 Å². The summed E-state index contributed by atoms with van der Waals surface area (Å²) < 4.78 is 19.2. The van der Waals surface area contributed by atoms with Crippen LogP contribution in [0.15, 0.2) is 53.3 Å². The van der Waals surface area contributed by atoms with Crippen molar-refractivity contribution in [3.05, 3.63) is 65.9 Å². The van der Waals surface area contributed by atoms with Crippen molar-refractivity contribution in [1.82, 2.24) is 15.0 Å². The normalized spacial score (nSPS) is 11.0. The molecule has 0 aliphatic heterocycles. The molecular formula is C19H16FN5O. The van der Waals surface area contributed by atoms with E-state index in [1.54, 1.807) is 25.4 Å². The zero-order valence-electron chi connectivity index (χ0n) is 14.0. The van der Waals surface area contributed by atoms with Crippen LogP contribution in [-0.2, 0) is 6.42 Å². The number of nitrogen functional groups attached to an aromatic ring is 1. The number of anilines is 2. The highest BCUT2D eigenvalue weighted by atomic mass is 19.1. The molecule has 0 fully saturated rings. The predicted octanol–water partition coefficient (Wildman–Crippen LogP) is 3.64. The first-order valence-corrected chi connectivity index (χ1v) is 8.06. The molecule has 130 valence electrons. The summed E-state index contributed by atoms with van der Waals surface area (Å²) in [6.07, 6.45) is 3.60. The van der Waals surface area contributed by atoms with E-state index in [-0.39, 0.29) is 5.82 Å². The minimum absolute atomic E-state index is 0.277. The zero-order chi connectivity index (χ0) is 18.1.